The van der Waals surface area contributed by atoms with Crippen molar-refractivity contribution in [2.45, 2.75) is 25.6 Å². The average molecular weight is 387 g/mol. The Hall–Kier alpha value is -2.49. The topological polar surface area (TPSA) is 89.0 Å². The molecule has 1 amide bonds. The second-order valence-corrected chi connectivity index (χ2v) is 6.27. The number of nitrogens with zero attached hydrogens (tertiary/aromatic N) is 2. The Morgan fingerprint density at radius 2 is 2.04 bits per heavy atom. The van der Waals surface area contributed by atoms with Gasteiger partial charge in [0.2, 0.25) is 5.91 Å². The number of alkyl halides is 3. The summed E-state index contributed by atoms with van der Waals surface area (Å²) in [6.45, 7) is 1.98. The van der Waals surface area contributed by atoms with Gasteiger partial charge in [-0.15, -0.1) is 0 Å². The molecule has 10 heteroatoms. The van der Waals surface area contributed by atoms with E-state index in [-0.39, 0.29) is 30.8 Å². The molecule has 1 atom stereocenters. The number of halogens is 3. The van der Waals surface area contributed by atoms with E-state index in [2.05, 4.69) is 20.9 Å². The molecule has 0 aromatic heterocycles. The second kappa shape index (κ2) is 9.45. The number of rotatable bonds is 6. The van der Waals surface area contributed by atoms with E-state index in [0.29, 0.717) is 31.2 Å². The Kier molecular flexibility index (Phi) is 7.28. The van der Waals surface area contributed by atoms with Gasteiger partial charge in [0, 0.05) is 31.4 Å². The van der Waals surface area contributed by atoms with Crippen LogP contribution in [0.1, 0.15) is 13.3 Å². The Morgan fingerprint density at radius 1 is 1.33 bits per heavy atom. The summed E-state index contributed by atoms with van der Waals surface area (Å²) in [6.07, 6.45) is -3.64. The molecule has 7 nitrogen and oxygen atoms in total. The highest BCUT2D eigenvalue weighted by atomic mass is 19.4. The molecule has 4 N–H and O–H groups in total. The van der Waals surface area contributed by atoms with E-state index in [1.54, 1.807) is 12.1 Å². The zero-order valence-electron chi connectivity index (χ0n) is 15.0. The smallest absolute Gasteiger partial charge is 0.401 e. The van der Waals surface area contributed by atoms with Crippen molar-refractivity contribution >= 4 is 17.6 Å². The summed E-state index contributed by atoms with van der Waals surface area (Å²) in [6, 6.07) is 5.88. The molecule has 0 aliphatic carbocycles. The molecule has 1 heterocycles. The third-order valence-corrected chi connectivity index (χ3v) is 3.89. The van der Waals surface area contributed by atoms with Crippen molar-refractivity contribution in [1.29, 1.82) is 0 Å². The van der Waals surface area contributed by atoms with Gasteiger partial charge in [-0.05, 0) is 37.6 Å². The van der Waals surface area contributed by atoms with Crippen LogP contribution >= 0.6 is 0 Å². The number of phenols is 1. The third-order valence-electron chi connectivity index (χ3n) is 3.89. The number of phenolic OH excluding ortho intramolecular Hbond substituents is 1. The Balaban J connectivity index is 1.84. The van der Waals surface area contributed by atoms with Crippen LogP contribution in [0, 0.1) is 0 Å². The standard InChI is InChI=1S/C17H24F3N5O2/c1-2-21-16(24-13-7-8-25(10-13)11-17(18,19)20)22-9-15(27)23-12-3-5-14(26)6-4-12/h3-6,13,26H,2,7-11H2,1H3,(H,23,27)(H2,21,22,24). The van der Waals surface area contributed by atoms with Crippen molar-refractivity contribution in [3.8, 4) is 5.75 Å². The number of anilines is 1. The molecular weight excluding hydrogens is 363 g/mol. The first-order chi connectivity index (χ1) is 12.7. The van der Waals surface area contributed by atoms with Crippen molar-refractivity contribution in [3.63, 3.8) is 0 Å². The number of aliphatic imine (C=N–C) groups is 1. The van der Waals surface area contributed by atoms with Crippen LogP contribution in [0.25, 0.3) is 0 Å². The third kappa shape index (κ3) is 7.73. The minimum atomic E-state index is -4.21. The summed E-state index contributed by atoms with van der Waals surface area (Å²) in [5.74, 6) is 0.140. The van der Waals surface area contributed by atoms with Crippen LogP contribution in [0.5, 0.6) is 5.75 Å². The highest BCUT2D eigenvalue weighted by molar-refractivity contribution is 5.94. The number of hydrogen-bond donors (Lipinski definition) is 4. The number of aromatic hydroxyl groups is 1. The largest absolute Gasteiger partial charge is 0.508 e. The zero-order chi connectivity index (χ0) is 19.9. The van der Waals surface area contributed by atoms with Gasteiger partial charge in [0.25, 0.3) is 0 Å². The van der Waals surface area contributed by atoms with Crippen LogP contribution in [-0.4, -0.2) is 66.8 Å². The van der Waals surface area contributed by atoms with E-state index in [4.69, 9.17) is 0 Å². The molecular formula is C17H24F3N5O2. The first-order valence-corrected chi connectivity index (χ1v) is 8.68. The number of nitrogens with one attached hydrogen (secondary N) is 3. The summed E-state index contributed by atoms with van der Waals surface area (Å²) < 4.78 is 37.4. The Labute approximate surface area is 155 Å². The van der Waals surface area contributed by atoms with E-state index < -0.39 is 12.7 Å². The van der Waals surface area contributed by atoms with Crippen molar-refractivity contribution in [2.75, 3.05) is 38.0 Å². The molecule has 1 fully saturated rings. The van der Waals surface area contributed by atoms with Crippen LogP contribution in [0.3, 0.4) is 0 Å². The van der Waals surface area contributed by atoms with Crippen LogP contribution < -0.4 is 16.0 Å². The minimum Gasteiger partial charge on any atom is -0.508 e. The van der Waals surface area contributed by atoms with Crippen LogP contribution in [-0.2, 0) is 4.79 Å². The predicted octanol–water partition coefficient (Wildman–Crippen LogP) is 1.52. The maximum atomic E-state index is 12.5. The van der Waals surface area contributed by atoms with E-state index in [9.17, 15) is 23.1 Å². The maximum Gasteiger partial charge on any atom is 0.401 e. The van der Waals surface area contributed by atoms with Crippen molar-refractivity contribution in [3.05, 3.63) is 24.3 Å². The predicted molar refractivity (Wildman–Crippen MR) is 96.8 cm³/mol. The summed E-state index contributed by atoms with van der Waals surface area (Å²) in [5.41, 5.74) is 0.532. The van der Waals surface area contributed by atoms with Gasteiger partial charge in [0.15, 0.2) is 5.96 Å². The van der Waals surface area contributed by atoms with Gasteiger partial charge in [-0.2, -0.15) is 13.2 Å². The number of likely N-dealkylation sites (tertiary alicyclic amines) is 1. The van der Waals surface area contributed by atoms with Crippen LogP contribution in [0.4, 0.5) is 18.9 Å². The quantitative estimate of drug-likeness (QED) is 0.338. The van der Waals surface area contributed by atoms with Crippen molar-refractivity contribution in [1.82, 2.24) is 15.5 Å². The van der Waals surface area contributed by atoms with Gasteiger partial charge in [-0.3, -0.25) is 9.69 Å². The van der Waals surface area contributed by atoms with Crippen LogP contribution in [0.15, 0.2) is 29.3 Å². The van der Waals surface area contributed by atoms with Gasteiger partial charge in [-0.25, -0.2) is 4.99 Å². The summed E-state index contributed by atoms with van der Waals surface area (Å²) >= 11 is 0. The number of hydrogen-bond acceptors (Lipinski definition) is 4. The molecule has 0 bridgehead atoms. The average Bonchev–Trinajstić information content (AvgIpc) is 3.00. The molecule has 0 saturated carbocycles. The monoisotopic (exact) mass is 387 g/mol. The SMILES string of the molecule is CCNC(=NCC(=O)Nc1ccc(O)cc1)NC1CCN(CC(F)(F)F)C1. The molecule has 1 unspecified atom stereocenters. The molecule has 1 aliphatic heterocycles. The highest BCUT2D eigenvalue weighted by Gasteiger charge is 2.34. The molecule has 1 aromatic carbocycles. The number of carbonyl (C=O) groups excluding carboxylic acids is 1. The minimum absolute atomic E-state index is 0.0979. The maximum absolute atomic E-state index is 12.5. The summed E-state index contributed by atoms with van der Waals surface area (Å²) in [5, 5.41) is 17.9. The first-order valence-electron chi connectivity index (χ1n) is 8.68. The lowest BCUT2D eigenvalue weighted by Crippen LogP contribution is -2.45. The van der Waals surface area contributed by atoms with E-state index in [1.807, 2.05) is 6.92 Å². The molecule has 0 spiro atoms. The summed E-state index contributed by atoms with van der Waals surface area (Å²) in [4.78, 5) is 17.5. The van der Waals surface area contributed by atoms with Gasteiger partial charge in [0.05, 0.1) is 6.54 Å². The lowest BCUT2D eigenvalue weighted by atomic mass is 10.3. The molecule has 1 saturated heterocycles. The normalized spacial score (nSPS) is 18.4. The van der Waals surface area contributed by atoms with E-state index in [1.165, 1.54) is 17.0 Å². The number of carbonyl (C=O) groups is 1. The van der Waals surface area contributed by atoms with Gasteiger partial charge >= 0.3 is 6.18 Å². The first kappa shape index (κ1) is 20.8. The molecule has 1 aromatic rings. The highest BCUT2D eigenvalue weighted by Crippen LogP contribution is 2.20. The van der Waals surface area contributed by atoms with E-state index >= 15 is 0 Å². The summed E-state index contributed by atoms with van der Waals surface area (Å²) in [7, 11) is 0. The Morgan fingerprint density at radius 3 is 2.67 bits per heavy atom. The number of guanidine groups is 1. The molecule has 1 aliphatic rings. The molecule has 0 radical (unpaired) electrons. The molecule has 2 rings (SSSR count). The van der Waals surface area contributed by atoms with Gasteiger partial charge < -0.3 is 21.1 Å². The molecule has 150 valence electrons. The second-order valence-electron chi connectivity index (χ2n) is 6.27. The van der Waals surface area contributed by atoms with Gasteiger partial charge in [0.1, 0.15) is 12.3 Å². The van der Waals surface area contributed by atoms with Gasteiger partial charge in [-0.1, -0.05) is 0 Å². The van der Waals surface area contributed by atoms with Crippen molar-refractivity contribution < 1.29 is 23.1 Å². The zero-order valence-corrected chi connectivity index (χ0v) is 15.0. The number of benzene rings is 1. The van der Waals surface area contributed by atoms with Crippen molar-refractivity contribution in [2.24, 2.45) is 4.99 Å². The fourth-order valence-electron chi connectivity index (χ4n) is 2.76. The fraction of sp³-hybridized carbons (Fsp3) is 0.529. The fourth-order valence-corrected chi connectivity index (χ4v) is 2.76. The lowest BCUT2D eigenvalue weighted by Gasteiger charge is -2.19. The number of amides is 1. The van der Waals surface area contributed by atoms with Crippen LogP contribution in [0.2, 0.25) is 0 Å². The Bertz CT molecular complexity index is 649. The lowest BCUT2D eigenvalue weighted by molar-refractivity contribution is -0.143. The van der Waals surface area contributed by atoms with E-state index in [0.717, 1.165) is 0 Å². The molecule has 27 heavy (non-hydrogen) atoms.